The Balaban J connectivity index is 2.53. The topological polar surface area (TPSA) is 97.3 Å². The number of rotatable bonds is 17. The number of nitrogens with one attached hydrogen (secondary N) is 1. The zero-order valence-electron chi connectivity index (χ0n) is 19.7. The number of aliphatic carboxylic acids is 1. The molecule has 0 bridgehead atoms. The predicted octanol–water partition coefficient (Wildman–Crippen LogP) is 3.88. The van der Waals surface area contributed by atoms with Gasteiger partial charge < -0.3 is 29.5 Å². The SMILES string of the molecule is CCCCNC(=O)N(CCCOCC(F)(F)F)CCOc1ccc(CC(OCC)C(=O)O)cc1. The van der Waals surface area contributed by atoms with Crippen molar-refractivity contribution in [2.24, 2.45) is 0 Å². The van der Waals surface area contributed by atoms with Gasteiger partial charge in [0.2, 0.25) is 0 Å². The van der Waals surface area contributed by atoms with Crippen LogP contribution in [0.4, 0.5) is 18.0 Å². The molecule has 2 N–H and O–H groups in total. The van der Waals surface area contributed by atoms with Crippen molar-refractivity contribution < 1.29 is 42.1 Å². The highest BCUT2D eigenvalue weighted by Gasteiger charge is 2.27. The van der Waals surface area contributed by atoms with Crippen LogP contribution in [0.3, 0.4) is 0 Å². The van der Waals surface area contributed by atoms with E-state index in [0.717, 1.165) is 18.4 Å². The summed E-state index contributed by atoms with van der Waals surface area (Å²) in [6.07, 6.45) is -3.07. The molecule has 0 aliphatic heterocycles. The van der Waals surface area contributed by atoms with Gasteiger partial charge in [-0.05, 0) is 37.5 Å². The fourth-order valence-corrected chi connectivity index (χ4v) is 2.97. The van der Waals surface area contributed by atoms with Crippen LogP contribution >= 0.6 is 0 Å². The van der Waals surface area contributed by atoms with Crippen LogP contribution in [0.2, 0.25) is 0 Å². The van der Waals surface area contributed by atoms with Gasteiger partial charge in [0, 0.05) is 32.7 Å². The molecule has 34 heavy (non-hydrogen) atoms. The molecule has 0 spiro atoms. The Labute approximate surface area is 198 Å². The third kappa shape index (κ3) is 13.2. The Kier molecular flexibility index (Phi) is 14.0. The number of nitrogens with zero attached hydrogens (tertiary/aromatic N) is 1. The van der Waals surface area contributed by atoms with Crippen molar-refractivity contribution in [2.75, 3.05) is 46.1 Å². The Morgan fingerprint density at radius 3 is 2.38 bits per heavy atom. The lowest BCUT2D eigenvalue weighted by Crippen LogP contribution is -2.43. The second-order valence-corrected chi connectivity index (χ2v) is 7.57. The van der Waals surface area contributed by atoms with Gasteiger partial charge in [-0.2, -0.15) is 13.2 Å². The smallest absolute Gasteiger partial charge is 0.411 e. The van der Waals surface area contributed by atoms with E-state index in [0.29, 0.717) is 18.9 Å². The maximum atomic E-state index is 12.4. The lowest BCUT2D eigenvalue weighted by molar-refractivity contribution is -0.174. The molecule has 194 valence electrons. The van der Waals surface area contributed by atoms with Crippen LogP contribution in [-0.2, 0) is 20.7 Å². The first-order chi connectivity index (χ1) is 16.2. The number of amides is 2. The molecule has 1 unspecified atom stereocenters. The minimum atomic E-state index is -4.38. The van der Waals surface area contributed by atoms with E-state index in [1.165, 1.54) is 4.90 Å². The van der Waals surface area contributed by atoms with Crippen LogP contribution in [-0.4, -0.2) is 80.3 Å². The van der Waals surface area contributed by atoms with Gasteiger partial charge in [-0.25, -0.2) is 9.59 Å². The summed E-state index contributed by atoms with van der Waals surface area (Å²) in [4.78, 5) is 25.1. The standard InChI is InChI=1S/C23H35F3N2O6/c1-3-5-11-27-22(31)28(12-6-14-32-17-23(24,25)26)13-15-34-19-9-7-18(8-10-19)16-20(21(29)30)33-4-2/h7-10,20H,3-6,11-17H2,1-2H3,(H,27,31)(H,29,30). The van der Waals surface area contributed by atoms with E-state index in [4.69, 9.17) is 9.47 Å². The van der Waals surface area contributed by atoms with E-state index >= 15 is 0 Å². The van der Waals surface area contributed by atoms with Crippen LogP contribution in [0.25, 0.3) is 0 Å². The highest BCUT2D eigenvalue weighted by atomic mass is 19.4. The van der Waals surface area contributed by atoms with Crippen LogP contribution in [0.5, 0.6) is 5.75 Å². The van der Waals surface area contributed by atoms with Crippen molar-refractivity contribution in [1.29, 1.82) is 0 Å². The third-order valence-corrected chi connectivity index (χ3v) is 4.69. The molecule has 11 heteroatoms. The van der Waals surface area contributed by atoms with Crippen molar-refractivity contribution >= 4 is 12.0 Å². The molecule has 8 nitrogen and oxygen atoms in total. The average molecular weight is 493 g/mol. The van der Waals surface area contributed by atoms with Crippen LogP contribution < -0.4 is 10.1 Å². The maximum Gasteiger partial charge on any atom is 0.411 e. The van der Waals surface area contributed by atoms with Gasteiger partial charge in [0.25, 0.3) is 0 Å². The van der Waals surface area contributed by atoms with Gasteiger partial charge in [-0.15, -0.1) is 0 Å². The molecule has 0 saturated heterocycles. The third-order valence-electron chi connectivity index (χ3n) is 4.69. The minimum Gasteiger partial charge on any atom is -0.492 e. The van der Waals surface area contributed by atoms with Crippen molar-refractivity contribution in [2.45, 2.75) is 51.8 Å². The summed E-state index contributed by atoms with van der Waals surface area (Å²) in [5.41, 5.74) is 0.781. The molecule has 0 fully saturated rings. The Hall–Kier alpha value is -2.53. The molecular weight excluding hydrogens is 457 g/mol. The number of urea groups is 1. The normalized spacial score (nSPS) is 12.3. The van der Waals surface area contributed by atoms with E-state index in [-0.39, 0.29) is 45.2 Å². The van der Waals surface area contributed by atoms with Crippen LogP contribution in [0, 0.1) is 0 Å². The lowest BCUT2D eigenvalue weighted by Gasteiger charge is -2.23. The van der Waals surface area contributed by atoms with Crippen LogP contribution in [0.1, 0.15) is 38.7 Å². The fraction of sp³-hybridized carbons (Fsp3) is 0.652. The van der Waals surface area contributed by atoms with Gasteiger partial charge in [0.15, 0.2) is 6.10 Å². The molecule has 0 aromatic heterocycles. The molecule has 0 radical (unpaired) electrons. The van der Waals surface area contributed by atoms with E-state index in [1.54, 1.807) is 31.2 Å². The van der Waals surface area contributed by atoms with Crippen molar-refractivity contribution in [3.8, 4) is 5.75 Å². The average Bonchev–Trinajstić information content (AvgIpc) is 2.77. The molecule has 0 saturated carbocycles. The molecule has 1 aromatic carbocycles. The number of carboxylic acid groups (broad SMARTS) is 1. The largest absolute Gasteiger partial charge is 0.492 e. The Bertz CT molecular complexity index is 716. The lowest BCUT2D eigenvalue weighted by atomic mass is 10.1. The number of ether oxygens (including phenoxy) is 3. The molecule has 0 heterocycles. The number of carbonyl (C=O) groups excluding carboxylic acids is 1. The number of benzene rings is 1. The molecule has 0 aliphatic carbocycles. The summed E-state index contributed by atoms with van der Waals surface area (Å²) >= 11 is 0. The zero-order chi connectivity index (χ0) is 25.4. The first-order valence-electron chi connectivity index (χ1n) is 11.4. The minimum absolute atomic E-state index is 0.111. The summed E-state index contributed by atoms with van der Waals surface area (Å²) < 4.78 is 52.0. The summed E-state index contributed by atoms with van der Waals surface area (Å²) in [7, 11) is 0. The summed E-state index contributed by atoms with van der Waals surface area (Å²) in [5.74, 6) is -0.477. The van der Waals surface area contributed by atoms with Crippen molar-refractivity contribution in [3.63, 3.8) is 0 Å². The van der Waals surface area contributed by atoms with Gasteiger partial charge in [0.05, 0.1) is 6.54 Å². The zero-order valence-corrected chi connectivity index (χ0v) is 19.7. The first-order valence-corrected chi connectivity index (χ1v) is 11.4. The number of hydrogen-bond donors (Lipinski definition) is 2. The number of carbonyl (C=O) groups is 2. The number of unbranched alkanes of at least 4 members (excludes halogenated alkanes) is 1. The Morgan fingerprint density at radius 1 is 1.09 bits per heavy atom. The highest BCUT2D eigenvalue weighted by molar-refractivity contribution is 5.74. The first kappa shape index (κ1) is 29.5. The number of hydrogen-bond acceptors (Lipinski definition) is 5. The maximum absolute atomic E-state index is 12.4. The molecule has 2 amide bonds. The number of carboxylic acids is 1. The molecule has 0 aliphatic rings. The van der Waals surface area contributed by atoms with Gasteiger partial charge in [0.1, 0.15) is 19.0 Å². The second kappa shape index (κ2) is 16.2. The monoisotopic (exact) mass is 492 g/mol. The highest BCUT2D eigenvalue weighted by Crippen LogP contribution is 2.15. The molecule has 1 rings (SSSR count). The van der Waals surface area contributed by atoms with E-state index < -0.39 is 24.9 Å². The van der Waals surface area contributed by atoms with Crippen molar-refractivity contribution in [3.05, 3.63) is 29.8 Å². The fourth-order valence-electron chi connectivity index (χ4n) is 2.97. The summed E-state index contributed by atoms with van der Waals surface area (Å²) in [6.45, 7) is 3.77. The van der Waals surface area contributed by atoms with Gasteiger partial charge in [-0.3, -0.25) is 0 Å². The summed E-state index contributed by atoms with van der Waals surface area (Å²) in [6, 6.07) is 6.60. The second-order valence-electron chi connectivity index (χ2n) is 7.57. The van der Waals surface area contributed by atoms with Gasteiger partial charge in [-0.1, -0.05) is 25.5 Å². The molecule has 1 atom stereocenters. The molecular formula is C23H35F3N2O6. The Morgan fingerprint density at radius 2 is 1.79 bits per heavy atom. The van der Waals surface area contributed by atoms with E-state index in [1.807, 2.05) is 6.92 Å². The number of alkyl halides is 3. The van der Waals surface area contributed by atoms with Crippen LogP contribution in [0.15, 0.2) is 24.3 Å². The molecule has 1 aromatic rings. The van der Waals surface area contributed by atoms with E-state index in [2.05, 4.69) is 10.1 Å². The summed E-state index contributed by atoms with van der Waals surface area (Å²) in [5, 5.41) is 12.0. The predicted molar refractivity (Wildman–Crippen MR) is 120 cm³/mol. The van der Waals surface area contributed by atoms with Gasteiger partial charge >= 0.3 is 18.2 Å². The van der Waals surface area contributed by atoms with E-state index in [9.17, 15) is 27.9 Å². The quantitative estimate of drug-likeness (QED) is 0.321. The van der Waals surface area contributed by atoms with Crippen molar-refractivity contribution in [1.82, 2.24) is 10.2 Å². The number of halogens is 3.